The number of fused-ring (bicyclic) bond motifs is 6. The molecule has 83 heavy (non-hydrogen) atoms. The quantitative estimate of drug-likeness (QED) is 0.135. The highest BCUT2D eigenvalue weighted by Crippen LogP contribution is 2.48. The molecule has 0 aliphatic heterocycles. The van der Waals surface area contributed by atoms with Crippen molar-refractivity contribution in [2.24, 2.45) is 0 Å². The molecule has 0 N–H and O–H groups in total. The fourth-order valence-corrected chi connectivity index (χ4v) is 13.1. The zero-order chi connectivity index (χ0) is 57.7. The van der Waals surface area contributed by atoms with Crippen LogP contribution in [0.4, 0.5) is 18.9 Å². The molecule has 0 saturated carbocycles. The third-order valence-electron chi connectivity index (χ3n) is 16.9. The van der Waals surface area contributed by atoms with E-state index in [0.717, 1.165) is 99.5 Å². The van der Waals surface area contributed by atoms with Crippen LogP contribution in [0.1, 0.15) is 55.6 Å². The van der Waals surface area contributed by atoms with E-state index in [4.69, 9.17) is 6.57 Å². The monoisotopic (exact) mass is 1080 g/mol. The number of alkyl halides is 3. The largest absolute Gasteiger partial charge is 0.416 e. The van der Waals surface area contributed by atoms with Gasteiger partial charge in [-0.25, -0.2) is 4.85 Å². The summed E-state index contributed by atoms with van der Waals surface area (Å²) in [6, 6.07) is 69.2. The van der Waals surface area contributed by atoms with E-state index in [1.807, 2.05) is 36.4 Å². The van der Waals surface area contributed by atoms with Crippen molar-refractivity contribution in [2.45, 2.75) is 68.5 Å². The SMILES string of the molecule is [C-]#[N+]c1cccc(-n2c3ccc(-c4ccc(C)cc4C)cc3c3cc(-c4ccc(C)cc4C)ccc32)c1-c1cc(-c2cc(C)cc(C(F)(F)F)c2)ccc1-n1c2ccc(-c3ccc(C)cc3C)cc2c2cc(-c3ccc(C)cc3C)ccc21. The summed E-state index contributed by atoms with van der Waals surface area (Å²) in [5, 5.41) is 4.21. The van der Waals surface area contributed by atoms with E-state index >= 15 is 0 Å². The molecule has 0 bridgehead atoms. The number of benzene rings is 11. The minimum absolute atomic E-state index is 0.407. The minimum Gasteiger partial charge on any atom is -0.310 e. The fraction of sp³-hybridized carbons (Fsp3) is 0.130. The molecule has 13 aromatic rings. The Morgan fingerprint density at radius 1 is 0.325 bits per heavy atom. The third kappa shape index (κ3) is 9.18. The predicted octanol–water partition coefficient (Wildman–Crippen LogP) is 22.2. The van der Waals surface area contributed by atoms with Crippen molar-refractivity contribution in [3.63, 3.8) is 0 Å². The van der Waals surface area contributed by atoms with E-state index in [0.29, 0.717) is 33.5 Å². The number of hydrogen-bond acceptors (Lipinski definition) is 0. The lowest BCUT2D eigenvalue weighted by molar-refractivity contribution is -0.137. The highest BCUT2D eigenvalue weighted by atomic mass is 19.4. The van der Waals surface area contributed by atoms with Crippen LogP contribution >= 0.6 is 0 Å². The van der Waals surface area contributed by atoms with E-state index in [9.17, 15) is 13.2 Å². The zero-order valence-electron chi connectivity index (χ0n) is 48.0. The van der Waals surface area contributed by atoms with Gasteiger partial charge < -0.3 is 9.13 Å². The highest BCUT2D eigenvalue weighted by Gasteiger charge is 2.32. The van der Waals surface area contributed by atoms with E-state index in [2.05, 4.69) is 221 Å². The summed E-state index contributed by atoms with van der Waals surface area (Å²) in [7, 11) is 0. The molecule has 0 fully saturated rings. The van der Waals surface area contributed by atoms with Crippen LogP contribution in [0.25, 0.3) is 127 Å². The van der Waals surface area contributed by atoms with Crippen LogP contribution in [-0.4, -0.2) is 9.13 Å². The molecule has 0 atom stereocenters. The van der Waals surface area contributed by atoms with Crippen LogP contribution in [-0.2, 0) is 6.18 Å². The fourth-order valence-electron chi connectivity index (χ4n) is 13.1. The van der Waals surface area contributed by atoms with E-state index in [1.54, 1.807) is 6.92 Å². The van der Waals surface area contributed by atoms with Crippen LogP contribution in [0.5, 0.6) is 0 Å². The molecule has 13 rings (SSSR count). The average molecular weight is 1080 g/mol. The molecule has 2 heterocycles. The Bertz CT molecular complexity index is 4680. The molecule has 0 spiro atoms. The highest BCUT2D eigenvalue weighted by molar-refractivity contribution is 6.15. The van der Waals surface area contributed by atoms with Gasteiger partial charge in [-0.1, -0.05) is 144 Å². The molecule has 11 aromatic carbocycles. The topological polar surface area (TPSA) is 14.2 Å². The first-order valence-corrected chi connectivity index (χ1v) is 28.2. The van der Waals surface area contributed by atoms with Crippen molar-refractivity contribution < 1.29 is 13.2 Å². The molecule has 3 nitrogen and oxygen atoms in total. The molecule has 2 aromatic heterocycles. The normalized spacial score (nSPS) is 11.8. The van der Waals surface area contributed by atoms with Crippen molar-refractivity contribution in [2.75, 3.05) is 0 Å². The molecule has 0 radical (unpaired) electrons. The Morgan fingerprint density at radius 2 is 0.711 bits per heavy atom. The second-order valence-electron chi connectivity index (χ2n) is 23.0. The lowest BCUT2D eigenvalue weighted by Gasteiger charge is -2.21. The average Bonchev–Trinajstić information content (AvgIpc) is 1.84. The van der Waals surface area contributed by atoms with E-state index in [-0.39, 0.29) is 0 Å². The van der Waals surface area contributed by atoms with Crippen molar-refractivity contribution in [3.05, 3.63) is 267 Å². The Balaban J connectivity index is 1.13. The first-order chi connectivity index (χ1) is 39.9. The number of rotatable bonds is 8. The second-order valence-corrected chi connectivity index (χ2v) is 23.0. The van der Waals surface area contributed by atoms with E-state index in [1.165, 1.54) is 56.6 Å². The molecule has 0 unspecified atom stereocenters. The summed E-state index contributed by atoms with van der Waals surface area (Å²) in [6.07, 6.45) is -4.56. The number of aryl methyl sites for hydroxylation is 9. The Kier molecular flexibility index (Phi) is 12.7. The smallest absolute Gasteiger partial charge is 0.310 e. The van der Waals surface area contributed by atoms with Gasteiger partial charge in [-0.2, -0.15) is 13.2 Å². The summed E-state index contributed by atoms with van der Waals surface area (Å²) < 4.78 is 48.8. The summed E-state index contributed by atoms with van der Waals surface area (Å²) in [4.78, 5) is 4.33. The van der Waals surface area contributed by atoms with Gasteiger partial charge in [0, 0.05) is 32.8 Å². The van der Waals surface area contributed by atoms with Gasteiger partial charge in [-0.3, -0.25) is 0 Å². The van der Waals surface area contributed by atoms with Crippen molar-refractivity contribution in [1.29, 1.82) is 0 Å². The molecular formula is C77H60F3N3. The van der Waals surface area contributed by atoms with Gasteiger partial charge in [0.2, 0.25) is 0 Å². The Morgan fingerprint density at radius 3 is 1.08 bits per heavy atom. The number of halogens is 3. The lowest BCUT2D eigenvalue weighted by atomic mass is 9.93. The van der Waals surface area contributed by atoms with Crippen molar-refractivity contribution >= 4 is 49.3 Å². The predicted molar refractivity (Wildman–Crippen MR) is 342 cm³/mol. The molecule has 0 aliphatic rings. The Hall–Kier alpha value is -9.70. The second kappa shape index (κ2) is 20.1. The molecule has 6 heteroatoms. The number of aromatic nitrogens is 2. The number of hydrogen-bond donors (Lipinski definition) is 0. The van der Waals surface area contributed by atoms with Crippen LogP contribution in [0.2, 0.25) is 0 Å². The first kappa shape index (κ1) is 52.7. The van der Waals surface area contributed by atoms with E-state index < -0.39 is 11.7 Å². The molecule has 0 aliphatic carbocycles. The summed E-state index contributed by atoms with van der Waals surface area (Å²) in [6.45, 7) is 27.8. The van der Waals surface area contributed by atoms with Gasteiger partial charge in [0.05, 0.1) is 39.9 Å². The molecular weight excluding hydrogens is 1020 g/mol. The summed E-state index contributed by atoms with van der Waals surface area (Å²) in [5.41, 5.74) is 26.4. The third-order valence-corrected chi connectivity index (χ3v) is 16.9. The molecule has 0 amide bonds. The van der Waals surface area contributed by atoms with Gasteiger partial charge in [0.15, 0.2) is 5.69 Å². The maximum Gasteiger partial charge on any atom is 0.416 e. The maximum atomic E-state index is 14.7. The standard InChI is InChI=1S/C77H60F3N3/c1-44-14-23-60(49(6)32-44)54-19-28-70-64(40-54)65-41-55(61-24-15-45(2)33-50(61)7)20-29-71(65)82(70)74-27-18-53(58-36-48(5)37-59(38-58)77(78,79)80)39-68(74)76-69(81-10)12-11-13-75(76)83-72-30-21-56(62-25-16-46(3)34-51(62)8)42-66(72)67-43-57(22-31-73(67)83)63-26-17-47(4)35-52(63)9/h11-43H,1-9H3. The Labute approximate surface area is 483 Å². The van der Waals surface area contributed by atoms with Gasteiger partial charge in [0.1, 0.15) is 0 Å². The zero-order valence-corrected chi connectivity index (χ0v) is 48.0. The van der Waals surface area contributed by atoms with Gasteiger partial charge in [-0.15, -0.1) is 0 Å². The summed E-state index contributed by atoms with van der Waals surface area (Å²) in [5.74, 6) is 0. The molecule has 404 valence electrons. The van der Waals surface area contributed by atoms with Crippen LogP contribution < -0.4 is 0 Å². The minimum atomic E-state index is -4.56. The van der Waals surface area contributed by atoms with Crippen molar-refractivity contribution in [1.82, 2.24) is 9.13 Å². The van der Waals surface area contributed by atoms with Crippen LogP contribution in [0.15, 0.2) is 200 Å². The first-order valence-electron chi connectivity index (χ1n) is 28.2. The molecule has 0 saturated heterocycles. The maximum absolute atomic E-state index is 14.7. The lowest BCUT2D eigenvalue weighted by Crippen LogP contribution is -2.05. The van der Waals surface area contributed by atoms with Gasteiger partial charge in [0.25, 0.3) is 0 Å². The van der Waals surface area contributed by atoms with Gasteiger partial charge >= 0.3 is 6.18 Å². The van der Waals surface area contributed by atoms with Crippen LogP contribution in [0, 0.1) is 68.9 Å². The summed E-state index contributed by atoms with van der Waals surface area (Å²) >= 11 is 0. The number of nitrogens with zero attached hydrogens (tertiary/aromatic N) is 3. The van der Waals surface area contributed by atoms with Crippen LogP contribution in [0.3, 0.4) is 0 Å². The van der Waals surface area contributed by atoms with Gasteiger partial charge in [-0.05, 0) is 230 Å². The van der Waals surface area contributed by atoms with Crippen molar-refractivity contribution in [3.8, 4) is 78.1 Å².